The molecule has 2 aliphatic rings. The zero-order valence-corrected chi connectivity index (χ0v) is 26.4. The Morgan fingerprint density at radius 3 is 2.54 bits per heavy atom. The second kappa shape index (κ2) is 14.9. The Kier molecular flexibility index (Phi) is 10.5. The van der Waals surface area contributed by atoms with Crippen LogP contribution >= 0.6 is 0 Å². The molecule has 3 amide bonds. The van der Waals surface area contributed by atoms with E-state index in [2.05, 4.69) is 45.4 Å². The highest BCUT2D eigenvalue weighted by molar-refractivity contribution is 6.03. The number of aromatic nitrogens is 1. The van der Waals surface area contributed by atoms with Crippen molar-refractivity contribution >= 4 is 34.8 Å². The van der Waals surface area contributed by atoms with E-state index in [9.17, 15) is 9.59 Å². The fraction of sp³-hybridized carbons (Fsp3) is 0.371. The molecule has 3 N–H and O–H groups in total. The minimum Gasteiger partial charge on any atom is -0.367 e. The number of nitriles is 1. The Labute approximate surface area is 269 Å². The van der Waals surface area contributed by atoms with Gasteiger partial charge < -0.3 is 25.8 Å². The monoisotopic (exact) mass is 624 g/mol. The second-order valence-electron chi connectivity index (χ2n) is 12.0. The van der Waals surface area contributed by atoms with Crippen molar-refractivity contribution < 1.29 is 14.0 Å². The van der Waals surface area contributed by atoms with Crippen LogP contribution in [0.3, 0.4) is 0 Å². The molecule has 1 aromatic heterocycles. The summed E-state index contributed by atoms with van der Waals surface area (Å²) in [6.45, 7) is 7.92. The molecule has 5 rings (SSSR count). The Balaban J connectivity index is 1.42. The normalized spacial score (nSPS) is 19.9. The van der Waals surface area contributed by atoms with Crippen LogP contribution in [-0.4, -0.2) is 66.6 Å². The van der Waals surface area contributed by atoms with Crippen molar-refractivity contribution in [2.45, 2.75) is 57.3 Å². The first-order valence-corrected chi connectivity index (χ1v) is 15.7. The first-order valence-electron chi connectivity index (χ1n) is 15.7. The van der Waals surface area contributed by atoms with E-state index in [1.165, 1.54) is 12.3 Å². The number of hydrogen-bond donors (Lipinski definition) is 3. The van der Waals surface area contributed by atoms with Gasteiger partial charge in [-0.2, -0.15) is 5.26 Å². The lowest BCUT2D eigenvalue weighted by Gasteiger charge is -2.40. The van der Waals surface area contributed by atoms with Crippen LogP contribution in [-0.2, 0) is 11.3 Å². The molecule has 1 aliphatic carbocycles. The number of amides is 3. The van der Waals surface area contributed by atoms with E-state index in [-0.39, 0.29) is 24.2 Å². The van der Waals surface area contributed by atoms with Crippen molar-refractivity contribution in [1.29, 1.82) is 5.26 Å². The van der Waals surface area contributed by atoms with Crippen LogP contribution in [0.25, 0.3) is 0 Å². The van der Waals surface area contributed by atoms with Gasteiger partial charge in [-0.05, 0) is 75.6 Å². The Morgan fingerprint density at radius 1 is 1.13 bits per heavy atom. The van der Waals surface area contributed by atoms with E-state index in [0.717, 1.165) is 31.0 Å². The third-order valence-corrected chi connectivity index (χ3v) is 8.86. The van der Waals surface area contributed by atoms with Crippen molar-refractivity contribution in [3.63, 3.8) is 0 Å². The summed E-state index contributed by atoms with van der Waals surface area (Å²) >= 11 is 0. The lowest BCUT2D eigenvalue weighted by atomic mass is 9.89. The van der Waals surface area contributed by atoms with E-state index in [1.807, 2.05) is 42.3 Å². The zero-order chi connectivity index (χ0) is 32.6. The van der Waals surface area contributed by atoms with Gasteiger partial charge in [0.2, 0.25) is 5.91 Å². The molecule has 0 radical (unpaired) electrons. The van der Waals surface area contributed by atoms with Crippen molar-refractivity contribution in [1.82, 2.24) is 15.2 Å². The number of rotatable bonds is 9. The predicted molar refractivity (Wildman–Crippen MR) is 179 cm³/mol. The Bertz CT molecular complexity index is 1570. The van der Waals surface area contributed by atoms with Crippen LogP contribution in [0.15, 0.2) is 73.4 Å². The number of halogens is 1. The quantitative estimate of drug-likeness (QED) is 0.270. The summed E-state index contributed by atoms with van der Waals surface area (Å²) in [6.07, 6.45) is 5.54. The molecule has 0 unspecified atom stereocenters. The number of anilines is 4. The molecule has 240 valence electrons. The van der Waals surface area contributed by atoms with Crippen LogP contribution in [0.2, 0.25) is 0 Å². The van der Waals surface area contributed by atoms with Crippen molar-refractivity contribution in [2.75, 3.05) is 47.1 Å². The maximum Gasteiger partial charge on any atom is 0.322 e. The molecule has 2 aromatic carbocycles. The van der Waals surface area contributed by atoms with Crippen molar-refractivity contribution in [2.24, 2.45) is 0 Å². The van der Waals surface area contributed by atoms with Crippen LogP contribution in [0, 0.1) is 17.1 Å². The highest BCUT2D eigenvalue weighted by Crippen LogP contribution is 2.38. The molecular formula is C35H41FN8O2. The molecule has 0 bridgehead atoms. The van der Waals surface area contributed by atoms with Gasteiger partial charge in [0.05, 0.1) is 22.6 Å². The van der Waals surface area contributed by atoms with Crippen LogP contribution in [0.5, 0.6) is 0 Å². The number of hydrogen-bond acceptors (Lipinski definition) is 7. The van der Waals surface area contributed by atoms with E-state index in [1.54, 1.807) is 23.1 Å². The van der Waals surface area contributed by atoms with Crippen LogP contribution in [0.4, 0.5) is 32.1 Å². The molecule has 1 atom stereocenters. The summed E-state index contributed by atoms with van der Waals surface area (Å²) in [6, 6.07) is 18.1. The number of urea groups is 1. The smallest absolute Gasteiger partial charge is 0.322 e. The molecule has 2 fully saturated rings. The van der Waals surface area contributed by atoms with E-state index in [0.29, 0.717) is 60.9 Å². The third kappa shape index (κ3) is 7.82. The number of pyridine rings is 1. The molecule has 1 aliphatic heterocycles. The lowest BCUT2D eigenvalue weighted by molar-refractivity contribution is -0.111. The standard InChI is InChI=1S/C35H41FN8O2/c1-4-33(45)41-31-19-29(18-30(36)34(31)43-17-16-42(3)24(2)23-43)44(35(46)39-21-25-8-6-5-7-9-25)28-13-11-27(12-14-28)40-32-15-10-26(20-37)22-38-32/h4-10,15,18-19,22,24,27-28H,1,11-14,16-17,21,23H2,2-3H3,(H,38,40)(H,39,46)(H,41,45)/t24-,27?,28?/m0/s1. The van der Waals surface area contributed by atoms with Gasteiger partial charge in [0.15, 0.2) is 5.82 Å². The molecule has 1 saturated carbocycles. The Morgan fingerprint density at radius 2 is 1.89 bits per heavy atom. The molecule has 11 heteroatoms. The van der Waals surface area contributed by atoms with Crippen molar-refractivity contribution in [3.8, 4) is 6.07 Å². The summed E-state index contributed by atoms with van der Waals surface area (Å²) in [7, 11) is 2.04. The number of carbonyl (C=O) groups is 2. The molecule has 1 saturated heterocycles. The number of nitrogens with one attached hydrogen (secondary N) is 3. The largest absolute Gasteiger partial charge is 0.367 e. The summed E-state index contributed by atoms with van der Waals surface area (Å²) in [5, 5.41) is 18.3. The summed E-state index contributed by atoms with van der Waals surface area (Å²) in [5.74, 6) is -0.266. The fourth-order valence-electron chi connectivity index (χ4n) is 6.16. The van der Waals surface area contributed by atoms with E-state index >= 15 is 4.39 Å². The number of piperazine rings is 1. The summed E-state index contributed by atoms with van der Waals surface area (Å²) in [5.41, 5.74) is 2.43. The predicted octanol–water partition coefficient (Wildman–Crippen LogP) is 5.50. The second-order valence-corrected chi connectivity index (χ2v) is 12.0. The minimum absolute atomic E-state index is 0.131. The number of carbonyl (C=O) groups excluding carboxylic acids is 2. The number of benzene rings is 2. The molecule has 2 heterocycles. The highest BCUT2D eigenvalue weighted by atomic mass is 19.1. The van der Waals surface area contributed by atoms with E-state index < -0.39 is 11.7 Å². The maximum atomic E-state index is 16.2. The molecule has 10 nitrogen and oxygen atoms in total. The average molecular weight is 625 g/mol. The van der Waals surface area contributed by atoms with Gasteiger partial charge in [-0.25, -0.2) is 14.2 Å². The first-order chi connectivity index (χ1) is 22.2. The van der Waals surface area contributed by atoms with Crippen LogP contribution in [0.1, 0.15) is 43.7 Å². The van der Waals surface area contributed by atoms with Crippen LogP contribution < -0.4 is 25.8 Å². The average Bonchev–Trinajstić information content (AvgIpc) is 3.07. The fourth-order valence-corrected chi connectivity index (χ4v) is 6.16. The Hall–Kier alpha value is -4.95. The summed E-state index contributed by atoms with van der Waals surface area (Å²) < 4.78 is 16.2. The highest BCUT2D eigenvalue weighted by Gasteiger charge is 2.33. The van der Waals surface area contributed by atoms with Gasteiger partial charge in [0, 0.05) is 50.5 Å². The molecular weight excluding hydrogens is 583 g/mol. The third-order valence-electron chi connectivity index (χ3n) is 8.86. The SMILES string of the molecule is C=CC(=O)Nc1cc(N(C(=O)NCc2ccccc2)C2CCC(Nc3ccc(C#N)cn3)CC2)cc(F)c1N1CCN(C)[C@@H](C)C1. The first kappa shape index (κ1) is 32.4. The lowest BCUT2D eigenvalue weighted by Crippen LogP contribution is -2.50. The molecule has 46 heavy (non-hydrogen) atoms. The van der Waals surface area contributed by atoms with Gasteiger partial charge >= 0.3 is 6.03 Å². The zero-order valence-electron chi connectivity index (χ0n) is 26.4. The minimum atomic E-state index is -0.503. The molecule has 3 aromatic rings. The van der Waals surface area contributed by atoms with Crippen molar-refractivity contribution in [3.05, 3.63) is 90.4 Å². The topological polar surface area (TPSA) is 117 Å². The van der Waals surface area contributed by atoms with Gasteiger partial charge in [0.25, 0.3) is 0 Å². The number of likely N-dealkylation sites (N-methyl/N-ethyl adjacent to an activating group) is 1. The maximum absolute atomic E-state index is 16.2. The number of nitrogens with zero attached hydrogens (tertiary/aromatic N) is 5. The van der Waals surface area contributed by atoms with Gasteiger partial charge in [-0.15, -0.1) is 0 Å². The van der Waals surface area contributed by atoms with E-state index in [4.69, 9.17) is 5.26 Å². The van der Waals surface area contributed by atoms with Gasteiger partial charge in [0.1, 0.15) is 11.9 Å². The summed E-state index contributed by atoms with van der Waals surface area (Å²) in [4.78, 5) is 36.6. The van der Waals surface area contributed by atoms with Gasteiger partial charge in [-0.3, -0.25) is 9.69 Å². The van der Waals surface area contributed by atoms with Gasteiger partial charge in [-0.1, -0.05) is 36.9 Å². The molecule has 0 spiro atoms.